The number of rotatable bonds is 14. The van der Waals surface area contributed by atoms with Crippen LogP contribution < -0.4 is 14.2 Å². The van der Waals surface area contributed by atoms with Gasteiger partial charge in [-0.15, -0.1) is 0 Å². The minimum absolute atomic E-state index is 0.291. The van der Waals surface area contributed by atoms with Gasteiger partial charge in [0.15, 0.2) is 0 Å². The smallest absolute Gasteiger partial charge is 0.142 e. The summed E-state index contributed by atoms with van der Waals surface area (Å²) in [6, 6.07) is 22.6. The lowest BCUT2D eigenvalue weighted by atomic mass is 9.96. The second-order valence-corrected chi connectivity index (χ2v) is 13.6. The Bertz CT molecular complexity index is 1730. The van der Waals surface area contributed by atoms with Crippen molar-refractivity contribution in [3.05, 3.63) is 106 Å². The minimum Gasteiger partial charge on any atom is -0.494 e. The van der Waals surface area contributed by atoms with Gasteiger partial charge in [-0.1, -0.05) is 54.8 Å². The summed E-state index contributed by atoms with van der Waals surface area (Å²) in [6.07, 6.45) is 12.0. The Morgan fingerprint density at radius 3 is 2.33 bits per heavy atom. The maximum absolute atomic E-state index is 9.31. The van der Waals surface area contributed by atoms with E-state index in [1.165, 1.54) is 51.6 Å². The number of nitrogens with zero attached hydrogens (tertiary/aromatic N) is 4. The number of benzene rings is 3. The number of piperidine rings is 2. The van der Waals surface area contributed by atoms with Crippen molar-refractivity contribution in [2.45, 2.75) is 71.6 Å². The van der Waals surface area contributed by atoms with Gasteiger partial charge in [-0.3, -0.25) is 9.88 Å². The van der Waals surface area contributed by atoms with E-state index >= 15 is 0 Å². The molecular weight excluding hydrogens is 632 g/mol. The van der Waals surface area contributed by atoms with Crippen molar-refractivity contribution in [1.29, 1.82) is 5.26 Å². The van der Waals surface area contributed by atoms with Crippen molar-refractivity contribution in [3.8, 4) is 34.4 Å². The highest BCUT2D eigenvalue weighted by Gasteiger charge is 2.18. The number of hydrogen-bond donors (Lipinski definition) is 0. The van der Waals surface area contributed by atoms with E-state index in [1.807, 2.05) is 18.2 Å². The molecule has 0 N–H and O–H groups in total. The molecule has 7 nitrogen and oxygen atoms in total. The standard InChI is InChI=1S/C41H47ClN4O3/c1-31-35(12-9-14-38(31)34-11-8-13-37(22-34)47-20-10-19-45-15-4-2-5-16-45)30-49-41-24-40(48-29-33-21-32(25-43)26-44-27-33)36(23-39(41)42)28-46-17-6-3-7-18-46/h8-9,11-14,21-24,26-27H,2-7,10,15-20,28-30H2,1H3. The normalized spacial score (nSPS) is 15.4. The maximum atomic E-state index is 9.31. The highest BCUT2D eigenvalue weighted by Crippen LogP contribution is 2.36. The Morgan fingerprint density at radius 2 is 1.53 bits per heavy atom. The third-order valence-corrected chi connectivity index (χ3v) is 9.88. The third kappa shape index (κ3) is 9.76. The summed E-state index contributed by atoms with van der Waals surface area (Å²) in [5.41, 5.74) is 6.88. The average molecular weight is 679 g/mol. The van der Waals surface area contributed by atoms with Crippen LogP contribution in [0, 0.1) is 18.3 Å². The molecule has 0 radical (unpaired) electrons. The zero-order chi connectivity index (χ0) is 33.8. The predicted octanol–water partition coefficient (Wildman–Crippen LogP) is 8.98. The molecule has 8 heteroatoms. The number of pyridine rings is 1. The molecule has 0 unspecified atom stereocenters. The number of likely N-dealkylation sites (tertiary alicyclic amines) is 2. The van der Waals surface area contributed by atoms with E-state index in [1.54, 1.807) is 18.5 Å². The lowest BCUT2D eigenvalue weighted by molar-refractivity contribution is 0.205. The first-order valence-corrected chi connectivity index (χ1v) is 18.1. The molecular formula is C41H47ClN4O3. The van der Waals surface area contributed by atoms with Gasteiger partial charge in [0, 0.05) is 42.7 Å². The van der Waals surface area contributed by atoms with Gasteiger partial charge in [0.2, 0.25) is 0 Å². The summed E-state index contributed by atoms with van der Waals surface area (Å²) in [4.78, 5) is 9.19. The molecule has 0 amide bonds. The summed E-state index contributed by atoms with van der Waals surface area (Å²) in [7, 11) is 0. The van der Waals surface area contributed by atoms with E-state index in [0.29, 0.717) is 29.5 Å². The number of aromatic nitrogens is 1. The number of halogens is 1. The van der Waals surface area contributed by atoms with E-state index in [2.05, 4.69) is 64.2 Å². The molecule has 4 aromatic rings. The Balaban J connectivity index is 1.13. The zero-order valence-electron chi connectivity index (χ0n) is 28.6. The number of nitriles is 1. The largest absolute Gasteiger partial charge is 0.494 e. The fraction of sp³-hybridized carbons (Fsp3) is 0.415. The molecule has 1 aromatic heterocycles. The van der Waals surface area contributed by atoms with Crippen LogP contribution in [0.2, 0.25) is 5.02 Å². The van der Waals surface area contributed by atoms with Crippen LogP contribution in [0.5, 0.6) is 17.2 Å². The van der Waals surface area contributed by atoms with Crippen LogP contribution in [0.25, 0.3) is 11.1 Å². The van der Waals surface area contributed by atoms with Gasteiger partial charge in [-0.2, -0.15) is 5.26 Å². The van der Waals surface area contributed by atoms with Crippen LogP contribution in [-0.2, 0) is 19.8 Å². The fourth-order valence-electron chi connectivity index (χ4n) is 6.81. The van der Waals surface area contributed by atoms with E-state index in [0.717, 1.165) is 84.1 Å². The molecule has 2 aliphatic rings. The Hall–Kier alpha value is -4.09. The van der Waals surface area contributed by atoms with Gasteiger partial charge < -0.3 is 19.1 Å². The molecule has 3 aromatic carbocycles. The number of ether oxygens (including phenoxy) is 3. The fourth-order valence-corrected chi connectivity index (χ4v) is 7.06. The average Bonchev–Trinajstić information content (AvgIpc) is 3.14. The van der Waals surface area contributed by atoms with E-state index in [-0.39, 0.29) is 0 Å². The van der Waals surface area contributed by atoms with Gasteiger partial charge in [0.25, 0.3) is 0 Å². The van der Waals surface area contributed by atoms with E-state index < -0.39 is 0 Å². The minimum atomic E-state index is 0.291. The molecule has 0 atom stereocenters. The lowest BCUT2D eigenvalue weighted by Crippen LogP contribution is -2.31. The summed E-state index contributed by atoms with van der Waals surface area (Å²) in [5, 5.41) is 9.87. The molecule has 2 fully saturated rings. The Morgan fingerprint density at radius 1 is 0.776 bits per heavy atom. The number of hydrogen-bond acceptors (Lipinski definition) is 7. The lowest BCUT2D eigenvalue weighted by Gasteiger charge is -2.27. The van der Waals surface area contributed by atoms with Crippen LogP contribution in [0.3, 0.4) is 0 Å². The molecule has 2 aliphatic heterocycles. The molecule has 3 heterocycles. The molecule has 6 rings (SSSR count). The first-order valence-electron chi connectivity index (χ1n) is 17.7. The second-order valence-electron chi connectivity index (χ2n) is 13.2. The van der Waals surface area contributed by atoms with Crippen LogP contribution in [0.1, 0.15) is 72.8 Å². The molecule has 0 aliphatic carbocycles. The molecule has 0 saturated carbocycles. The van der Waals surface area contributed by atoms with Crippen molar-refractivity contribution in [3.63, 3.8) is 0 Å². The summed E-state index contributed by atoms with van der Waals surface area (Å²) < 4.78 is 18.9. The highest BCUT2D eigenvalue weighted by molar-refractivity contribution is 6.32. The van der Waals surface area contributed by atoms with Gasteiger partial charge in [0.05, 0.1) is 17.2 Å². The molecule has 0 spiro atoms. The van der Waals surface area contributed by atoms with Crippen molar-refractivity contribution in [2.75, 3.05) is 39.3 Å². The van der Waals surface area contributed by atoms with E-state index in [9.17, 15) is 5.26 Å². The summed E-state index contributed by atoms with van der Waals surface area (Å²) in [6.45, 7) is 9.94. The molecule has 2 saturated heterocycles. The highest BCUT2D eigenvalue weighted by atomic mass is 35.5. The summed E-state index contributed by atoms with van der Waals surface area (Å²) in [5.74, 6) is 2.20. The van der Waals surface area contributed by atoms with Crippen LogP contribution in [0.15, 0.2) is 73.1 Å². The van der Waals surface area contributed by atoms with Crippen LogP contribution in [-0.4, -0.2) is 54.1 Å². The molecule has 49 heavy (non-hydrogen) atoms. The quantitative estimate of drug-likeness (QED) is 0.123. The molecule has 256 valence electrons. The van der Waals surface area contributed by atoms with Gasteiger partial charge in [-0.25, -0.2) is 0 Å². The Labute approximate surface area is 296 Å². The SMILES string of the molecule is Cc1c(COc2cc(OCc3cncc(C#N)c3)c(CN3CCCCC3)cc2Cl)cccc1-c1cccc(OCCCN2CCCCC2)c1. The van der Waals surface area contributed by atoms with Crippen molar-refractivity contribution < 1.29 is 14.2 Å². The van der Waals surface area contributed by atoms with Gasteiger partial charge in [0.1, 0.15) is 36.5 Å². The van der Waals surface area contributed by atoms with Crippen LogP contribution >= 0.6 is 11.6 Å². The monoisotopic (exact) mass is 678 g/mol. The van der Waals surface area contributed by atoms with Gasteiger partial charge in [-0.05, 0) is 112 Å². The van der Waals surface area contributed by atoms with Crippen LogP contribution in [0.4, 0.5) is 0 Å². The van der Waals surface area contributed by atoms with Gasteiger partial charge >= 0.3 is 0 Å². The predicted molar refractivity (Wildman–Crippen MR) is 195 cm³/mol. The van der Waals surface area contributed by atoms with Crippen molar-refractivity contribution >= 4 is 11.6 Å². The first-order chi connectivity index (χ1) is 24.1. The van der Waals surface area contributed by atoms with Crippen molar-refractivity contribution in [2.24, 2.45) is 0 Å². The Kier molecular flexibility index (Phi) is 12.4. The second kappa shape index (κ2) is 17.5. The van der Waals surface area contributed by atoms with E-state index in [4.69, 9.17) is 25.8 Å². The third-order valence-electron chi connectivity index (χ3n) is 9.59. The summed E-state index contributed by atoms with van der Waals surface area (Å²) >= 11 is 6.86. The topological polar surface area (TPSA) is 70.8 Å². The molecule has 0 bridgehead atoms. The maximum Gasteiger partial charge on any atom is 0.142 e. The zero-order valence-corrected chi connectivity index (χ0v) is 29.4. The van der Waals surface area contributed by atoms with Crippen molar-refractivity contribution in [1.82, 2.24) is 14.8 Å². The first kappa shape index (κ1) is 34.8.